The Morgan fingerprint density at radius 1 is 1.45 bits per heavy atom. The van der Waals surface area contributed by atoms with Crippen LogP contribution < -0.4 is 15.8 Å². The van der Waals surface area contributed by atoms with E-state index in [4.69, 9.17) is 10.5 Å². The van der Waals surface area contributed by atoms with E-state index in [1.54, 1.807) is 0 Å². The predicted octanol–water partition coefficient (Wildman–Crippen LogP) is 1.62. The van der Waals surface area contributed by atoms with Gasteiger partial charge in [0.25, 0.3) is 5.91 Å². The van der Waals surface area contributed by atoms with Gasteiger partial charge >= 0.3 is 0 Å². The van der Waals surface area contributed by atoms with E-state index in [1.807, 2.05) is 0 Å². The molecule has 1 fully saturated rings. The normalized spacial score (nSPS) is 15.2. The molecule has 0 aromatic heterocycles. The highest BCUT2D eigenvalue weighted by Crippen LogP contribution is 2.31. The van der Waals surface area contributed by atoms with Crippen molar-refractivity contribution in [3.05, 3.63) is 29.8 Å². The minimum Gasteiger partial charge on any atom is -0.481 e. The first kappa shape index (κ1) is 16.7. The third kappa shape index (κ3) is 4.94. The molecule has 1 aliphatic rings. The SMILES string of the molecule is Cl.NC(CNC(=O)COc1ccc(F)cc1F)C1CC1. The lowest BCUT2D eigenvalue weighted by Gasteiger charge is -2.12. The van der Waals surface area contributed by atoms with Crippen LogP contribution in [-0.4, -0.2) is 25.1 Å². The fourth-order valence-corrected chi connectivity index (χ4v) is 1.71. The van der Waals surface area contributed by atoms with Crippen molar-refractivity contribution in [3.63, 3.8) is 0 Å². The summed E-state index contributed by atoms with van der Waals surface area (Å²) in [6.45, 7) is 0.0682. The third-order valence-electron chi connectivity index (χ3n) is 3.02. The van der Waals surface area contributed by atoms with E-state index < -0.39 is 11.6 Å². The summed E-state index contributed by atoms with van der Waals surface area (Å²) in [6.07, 6.45) is 2.21. The molecule has 2 rings (SSSR count). The lowest BCUT2D eigenvalue weighted by molar-refractivity contribution is -0.123. The van der Waals surface area contributed by atoms with Gasteiger partial charge < -0.3 is 15.8 Å². The Hall–Kier alpha value is -1.40. The zero-order chi connectivity index (χ0) is 13.8. The number of nitrogens with one attached hydrogen (secondary N) is 1. The third-order valence-corrected chi connectivity index (χ3v) is 3.02. The lowest BCUT2D eigenvalue weighted by Crippen LogP contribution is -2.40. The van der Waals surface area contributed by atoms with Crippen LogP contribution in [0.4, 0.5) is 8.78 Å². The van der Waals surface area contributed by atoms with Crippen LogP contribution in [0.1, 0.15) is 12.8 Å². The van der Waals surface area contributed by atoms with Gasteiger partial charge in [-0.2, -0.15) is 0 Å². The molecule has 0 heterocycles. The number of rotatable bonds is 6. The molecular weight excluding hydrogens is 290 g/mol. The summed E-state index contributed by atoms with van der Waals surface area (Å²) < 4.78 is 30.8. The number of carbonyl (C=O) groups is 1. The Morgan fingerprint density at radius 2 is 2.15 bits per heavy atom. The van der Waals surface area contributed by atoms with E-state index in [0.29, 0.717) is 18.5 Å². The molecule has 1 aromatic rings. The minimum absolute atomic E-state index is 0. The number of halogens is 3. The first-order valence-corrected chi connectivity index (χ1v) is 6.16. The molecule has 0 bridgehead atoms. The number of ether oxygens (including phenoxy) is 1. The topological polar surface area (TPSA) is 64.3 Å². The number of amides is 1. The first-order valence-electron chi connectivity index (χ1n) is 6.16. The zero-order valence-corrected chi connectivity index (χ0v) is 11.6. The number of hydrogen-bond acceptors (Lipinski definition) is 3. The van der Waals surface area contributed by atoms with Crippen molar-refractivity contribution in [1.82, 2.24) is 5.32 Å². The summed E-state index contributed by atoms with van der Waals surface area (Å²) in [4.78, 5) is 11.5. The molecule has 3 N–H and O–H groups in total. The summed E-state index contributed by atoms with van der Waals surface area (Å²) in [5.41, 5.74) is 5.82. The van der Waals surface area contributed by atoms with Gasteiger partial charge in [-0.25, -0.2) is 8.78 Å². The number of hydrogen-bond donors (Lipinski definition) is 2. The second-order valence-corrected chi connectivity index (χ2v) is 4.67. The number of carbonyl (C=O) groups excluding carboxylic acids is 1. The summed E-state index contributed by atoms with van der Waals surface area (Å²) in [7, 11) is 0. The summed E-state index contributed by atoms with van der Waals surface area (Å²) in [5.74, 6) is -1.55. The highest BCUT2D eigenvalue weighted by molar-refractivity contribution is 5.85. The molecule has 1 aromatic carbocycles. The van der Waals surface area contributed by atoms with Gasteiger partial charge in [0.15, 0.2) is 18.2 Å². The summed E-state index contributed by atoms with van der Waals surface area (Å²) >= 11 is 0. The van der Waals surface area contributed by atoms with E-state index in [0.717, 1.165) is 25.0 Å². The van der Waals surface area contributed by atoms with Gasteiger partial charge in [0.2, 0.25) is 0 Å². The molecular formula is C13H17ClF2N2O2. The fraction of sp³-hybridized carbons (Fsp3) is 0.462. The Kier molecular flexibility index (Phi) is 6.16. The average molecular weight is 307 g/mol. The van der Waals surface area contributed by atoms with Crippen LogP contribution in [-0.2, 0) is 4.79 Å². The number of nitrogens with two attached hydrogens (primary N) is 1. The Balaban J connectivity index is 0.00000200. The van der Waals surface area contributed by atoms with E-state index >= 15 is 0 Å². The Morgan fingerprint density at radius 3 is 2.75 bits per heavy atom. The van der Waals surface area contributed by atoms with Crippen LogP contribution in [0.5, 0.6) is 5.75 Å². The van der Waals surface area contributed by atoms with Crippen LogP contribution >= 0.6 is 12.4 Å². The van der Waals surface area contributed by atoms with Gasteiger partial charge in [0.1, 0.15) is 5.82 Å². The Bertz CT molecular complexity index is 470. The number of benzene rings is 1. The molecule has 112 valence electrons. The predicted molar refractivity (Wildman–Crippen MR) is 72.8 cm³/mol. The largest absolute Gasteiger partial charge is 0.481 e. The highest BCUT2D eigenvalue weighted by atomic mass is 35.5. The van der Waals surface area contributed by atoms with E-state index in [1.165, 1.54) is 0 Å². The molecule has 0 spiro atoms. The van der Waals surface area contributed by atoms with Crippen LogP contribution in [0.2, 0.25) is 0 Å². The van der Waals surface area contributed by atoms with Gasteiger partial charge in [0, 0.05) is 18.7 Å². The summed E-state index contributed by atoms with van der Waals surface area (Å²) in [5, 5.41) is 2.62. The lowest BCUT2D eigenvalue weighted by atomic mass is 10.2. The monoisotopic (exact) mass is 306 g/mol. The molecule has 1 atom stereocenters. The van der Waals surface area contributed by atoms with E-state index in [9.17, 15) is 13.6 Å². The van der Waals surface area contributed by atoms with Crippen molar-refractivity contribution in [1.29, 1.82) is 0 Å². The van der Waals surface area contributed by atoms with Crippen molar-refractivity contribution >= 4 is 18.3 Å². The molecule has 1 unspecified atom stereocenters. The maximum absolute atomic E-state index is 13.2. The standard InChI is InChI=1S/C13H16F2N2O2.ClH/c14-9-3-4-12(10(15)5-9)19-7-13(18)17-6-11(16)8-1-2-8;/h3-5,8,11H,1-2,6-7,16H2,(H,17,18);1H. The molecule has 0 aliphatic heterocycles. The van der Waals surface area contributed by atoms with Crippen molar-refractivity contribution in [2.45, 2.75) is 18.9 Å². The molecule has 0 radical (unpaired) electrons. The van der Waals surface area contributed by atoms with Crippen molar-refractivity contribution in [2.75, 3.05) is 13.2 Å². The van der Waals surface area contributed by atoms with Crippen LogP contribution in [0.3, 0.4) is 0 Å². The molecule has 4 nitrogen and oxygen atoms in total. The van der Waals surface area contributed by atoms with Gasteiger partial charge in [-0.15, -0.1) is 12.4 Å². The van der Waals surface area contributed by atoms with Crippen LogP contribution in [0.15, 0.2) is 18.2 Å². The molecule has 1 amide bonds. The highest BCUT2D eigenvalue weighted by Gasteiger charge is 2.28. The minimum atomic E-state index is -0.831. The molecule has 1 aliphatic carbocycles. The maximum Gasteiger partial charge on any atom is 0.257 e. The first-order chi connectivity index (χ1) is 9.06. The van der Waals surface area contributed by atoms with Gasteiger partial charge in [-0.3, -0.25) is 4.79 Å². The second kappa shape index (κ2) is 7.40. The molecule has 1 saturated carbocycles. The van der Waals surface area contributed by atoms with Crippen LogP contribution in [0.25, 0.3) is 0 Å². The molecule has 0 saturated heterocycles. The van der Waals surface area contributed by atoms with Crippen molar-refractivity contribution in [2.24, 2.45) is 11.7 Å². The fourth-order valence-electron chi connectivity index (χ4n) is 1.71. The smallest absolute Gasteiger partial charge is 0.257 e. The van der Waals surface area contributed by atoms with E-state index in [-0.39, 0.29) is 36.7 Å². The van der Waals surface area contributed by atoms with Crippen molar-refractivity contribution in [3.8, 4) is 5.75 Å². The second-order valence-electron chi connectivity index (χ2n) is 4.67. The van der Waals surface area contributed by atoms with Crippen LogP contribution in [0, 0.1) is 17.6 Å². The van der Waals surface area contributed by atoms with E-state index in [2.05, 4.69) is 5.32 Å². The zero-order valence-electron chi connectivity index (χ0n) is 10.8. The van der Waals surface area contributed by atoms with Crippen molar-refractivity contribution < 1.29 is 18.3 Å². The van der Waals surface area contributed by atoms with Gasteiger partial charge in [-0.1, -0.05) is 0 Å². The quantitative estimate of drug-likeness (QED) is 0.839. The van der Waals surface area contributed by atoms with Gasteiger partial charge in [-0.05, 0) is 30.9 Å². The summed E-state index contributed by atoms with van der Waals surface area (Å²) in [6, 6.07) is 2.88. The molecule has 7 heteroatoms. The maximum atomic E-state index is 13.2. The average Bonchev–Trinajstić information content (AvgIpc) is 3.19. The molecule has 20 heavy (non-hydrogen) atoms. The Labute approximate surface area is 122 Å². The van der Waals surface area contributed by atoms with Gasteiger partial charge in [0.05, 0.1) is 0 Å².